The van der Waals surface area contributed by atoms with Gasteiger partial charge in [0.2, 0.25) is 0 Å². The molecule has 4 nitrogen and oxygen atoms in total. The molecule has 0 radical (unpaired) electrons. The molecule has 1 saturated carbocycles. The monoisotopic (exact) mass is 263 g/mol. The maximum Gasteiger partial charge on any atom is 0.176 e. The van der Waals surface area contributed by atoms with Gasteiger partial charge in [-0.1, -0.05) is 12.8 Å². The first-order valence-corrected chi connectivity index (χ1v) is 6.78. The molecule has 0 spiro atoms. The van der Waals surface area contributed by atoms with E-state index in [1.54, 1.807) is 12.1 Å². The number of benzene rings is 1. The average molecular weight is 263 g/mol. The SMILES string of the molecule is CN(CC(=O)c1ccc(O)cc1)C1CCCCC1O. The first kappa shape index (κ1) is 14.0. The molecule has 1 aliphatic carbocycles. The number of aromatic hydroxyl groups is 1. The molecule has 19 heavy (non-hydrogen) atoms. The molecule has 1 aromatic carbocycles. The molecule has 2 N–H and O–H groups in total. The summed E-state index contributed by atoms with van der Waals surface area (Å²) < 4.78 is 0. The second-order valence-electron chi connectivity index (χ2n) is 5.30. The van der Waals surface area contributed by atoms with Gasteiger partial charge in [-0.3, -0.25) is 9.69 Å². The molecule has 2 atom stereocenters. The Balaban J connectivity index is 1.96. The van der Waals surface area contributed by atoms with Crippen molar-refractivity contribution in [2.45, 2.75) is 37.8 Å². The highest BCUT2D eigenvalue weighted by molar-refractivity contribution is 5.97. The zero-order chi connectivity index (χ0) is 13.8. The molecule has 0 heterocycles. The lowest BCUT2D eigenvalue weighted by Gasteiger charge is -2.34. The third-order valence-electron chi connectivity index (χ3n) is 3.84. The minimum absolute atomic E-state index is 0.0141. The van der Waals surface area contributed by atoms with Crippen LogP contribution in [0.3, 0.4) is 0 Å². The van der Waals surface area contributed by atoms with Crippen molar-refractivity contribution in [2.75, 3.05) is 13.6 Å². The lowest BCUT2D eigenvalue weighted by Crippen LogP contribution is -2.45. The summed E-state index contributed by atoms with van der Waals surface area (Å²) in [6, 6.07) is 6.37. The van der Waals surface area contributed by atoms with Crippen LogP contribution in [0.25, 0.3) is 0 Å². The second kappa shape index (κ2) is 6.17. The van der Waals surface area contributed by atoms with Gasteiger partial charge in [0.05, 0.1) is 12.6 Å². The second-order valence-corrected chi connectivity index (χ2v) is 5.30. The molecule has 1 fully saturated rings. The van der Waals surface area contributed by atoms with Crippen molar-refractivity contribution in [3.8, 4) is 5.75 Å². The number of aliphatic hydroxyl groups excluding tert-OH is 1. The zero-order valence-corrected chi connectivity index (χ0v) is 11.2. The number of rotatable bonds is 4. The van der Waals surface area contributed by atoms with Crippen LogP contribution in [0.4, 0.5) is 0 Å². The van der Waals surface area contributed by atoms with Gasteiger partial charge in [0.1, 0.15) is 5.75 Å². The number of aliphatic hydroxyl groups is 1. The Morgan fingerprint density at radius 2 is 1.89 bits per heavy atom. The number of carbonyl (C=O) groups is 1. The minimum Gasteiger partial charge on any atom is -0.508 e. The normalized spacial score (nSPS) is 23.5. The highest BCUT2D eigenvalue weighted by Gasteiger charge is 2.27. The molecule has 0 saturated heterocycles. The summed E-state index contributed by atoms with van der Waals surface area (Å²) in [5, 5.41) is 19.2. The molecule has 4 heteroatoms. The molecule has 0 bridgehead atoms. The van der Waals surface area contributed by atoms with E-state index in [1.165, 1.54) is 12.1 Å². The van der Waals surface area contributed by atoms with Crippen molar-refractivity contribution < 1.29 is 15.0 Å². The number of Topliss-reactive ketones (excluding diaryl/α,β-unsaturated/α-hetero) is 1. The van der Waals surface area contributed by atoms with Crippen LogP contribution >= 0.6 is 0 Å². The molecular weight excluding hydrogens is 242 g/mol. The predicted molar refractivity (Wildman–Crippen MR) is 73.3 cm³/mol. The largest absolute Gasteiger partial charge is 0.508 e. The Kier molecular flexibility index (Phi) is 4.56. The summed E-state index contributed by atoms with van der Waals surface area (Å²) in [4.78, 5) is 14.1. The van der Waals surface area contributed by atoms with Gasteiger partial charge in [0.25, 0.3) is 0 Å². The summed E-state index contributed by atoms with van der Waals surface area (Å²) in [7, 11) is 1.89. The van der Waals surface area contributed by atoms with Crippen molar-refractivity contribution in [3.05, 3.63) is 29.8 Å². The fourth-order valence-corrected chi connectivity index (χ4v) is 2.69. The summed E-state index contributed by atoms with van der Waals surface area (Å²) in [5.41, 5.74) is 0.593. The van der Waals surface area contributed by atoms with E-state index < -0.39 is 0 Å². The molecule has 104 valence electrons. The van der Waals surface area contributed by atoms with Crippen LogP contribution in [0, 0.1) is 0 Å². The Morgan fingerprint density at radius 1 is 1.26 bits per heavy atom. The molecule has 2 rings (SSSR count). The highest BCUT2D eigenvalue weighted by atomic mass is 16.3. The number of nitrogens with zero attached hydrogens (tertiary/aromatic N) is 1. The Labute approximate surface area is 113 Å². The topological polar surface area (TPSA) is 60.8 Å². The molecule has 1 aromatic rings. The van der Waals surface area contributed by atoms with E-state index in [2.05, 4.69) is 0 Å². The number of phenolic OH excluding ortho intramolecular Hbond substituents is 1. The predicted octanol–water partition coefficient (Wildman–Crippen LogP) is 1.81. The Bertz CT molecular complexity index is 430. The van der Waals surface area contributed by atoms with E-state index >= 15 is 0 Å². The standard InChI is InChI=1S/C15H21NO3/c1-16(13-4-2-3-5-14(13)18)10-15(19)11-6-8-12(17)9-7-11/h6-9,13-14,17-18H,2-5,10H2,1H3. The smallest absolute Gasteiger partial charge is 0.176 e. The summed E-state index contributed by atoms with van der Waals surface area (Å²) >= 11 is 0. The van der Waals surface area contributed by atoms with Gasteiger partial charge in [0, 0.05) is 11.6 Å². The first-order valence-electron chi connectivity index (χ1n) is 6.78. The third-order valence-corrected chi connectivity index (χ3v) is 3.84. The van der Waals surface area contributed by atoms with Gasteiger partial charge in [-0.25, -0.2) is 0 Å². The van der Waals surface area contributed by atoms with Crippen LogP contribution in [0.1, 0.15) is 36.0 Å². The Morgan fingerprint density at radius 3 is 2.53 bits per heavy atom. The third kappa shape index (κ3) is 3.55. The quantitative estimate of drug-likeness (QED) is 0.813. The summed E-state index contributed by atoms with van der Waals surface area (Å²) in [6.07, 6.45) is 3.62. The first-order chi connectivity index (χ1) is 9.08. The fourth-order valence-electron chi connectivity index (χ4n) is 2.69. The fraction of sp³-hybridized carbons (Fsp3) is 0.533. The molecule has 0 aromatic heterocycles. The lowest BCUT2D eigenvalue weighted by molar-refractivity contribution is 0.0322. The maximum atomic E-state index is 12.1. The molecule has 0 aliphatic heterocycles. The van der Waals surface area contributed by atoms with Crippen LogP contribution in [-0.2, 0) is 0 Å². The summed E-state index contributed by atoms with van der Waals surface area (Å²) in [6.45, 7) is 0.298. The average Bonchev–Trinajstić information content (AvgIpc) is 2.39. The van der Waals surface area contributed by atoms with Crippen molar-refractivity contribution >= 4 is 5.78 Å². The lowest BCUT2D eigenvalue weighted by atomic mass is 9.91. The number of ketones is 1. The van der Waals surface area contributed by atoms with Gasteiger partial charge in [0.15, 0.2) is 5.78 Å². The van der Waals surface area contributed by atoms with Crippen LogP contribution in [0.5, 0.6) is 5.75 Å². The zero-order valence-electron chi connectivity index (χ0n) is 11.2. The van der Waals surface area contributed by atoms with Crippen LogP contribution < -0.4 is 0 Å². The minimum atomic E-state index is -0.327. The number of phenols is 1. The molecule has 0 amide bonds. The number of hydrogen-bond acceptors (Lipinski definition) is 4. The molecular formula is C15H21NO3. The van der Waals surface area contributed by atoms with Crippen LogP contribution in [-0.4, -0.2) is 46.6 Å². The highest BCUT2D eigenvalue weighted by Crippen LogP contribution is 2.22. The van der Waals surface area contributed by atoms with Gasteiger partial charge in [-0.05, 0) is 44.2 Å². The van der Waals surface area contributed by atoms with Crippen molar-refractivity contribution in [1.29, 1.82) is 0 Å². The van der Waals surface area contributed by atoms with Crippen molar-refractivity contribution in [2.24, 2.45) is 0 Å². The number of likely N-dealkylation sites (N-methyl/N-ethyl adjacent to an activating group) is 1. The van der Waals surface area contributed by atoms with E-state index in [-0.39, 0.29) is 23.7 Å². The maximum absolute atomic E-state index is 12.1. The number of hydrogen-bond donors (Lipinski definition) is 2. The van der Waals surface area contributed by atoms with Crippen molar-refractivity contribution in [1.82, 2.24) is 4.90 Å². The molecule has 2 unspecified atom stereocenters. The van der Waals surface area contributed by atoms with Crippen LogP contribution in [0.2, 0.25) is 0 Å². The Hall–Kier alpha value is -1.39. The number of carbonyl (C=O) groups excluding carboxylic acids is 1. The van der Waals surface area contributed by atoms with Gasteiger partial charge in [-0.15, -0.1) is 0 Å². The van der Waals surface area contributed by atoms with Gasteiger partial charge >= 0.3 is 0 Å². The van der Waals surface area contributed by atoms with Crippen molar-refractivity contribution in [3.63, 3.8) is 0 Å². The summed E-state index contributed by atoms with van der Waals surface area (Å²) in [5.74, 6) is 0.174. The van der Waals surface area contributed by atoms with E-state index in [1.807, 2.05) is 11.9 Å². The van der Waals surface area contributed by atoms with Gasteiger partial charge in [-0.2, -0.15) is 0 Å². The van der Waals surface area contributed by atoms with E-state index in [9.17, 15) is 15.0 Å². The van der Waals surface area contributed by atoms with E-state index in [0.29, 0.717) is 12.1 Å². The molecule has 1 aliphatic rings. The van der Waals surface area contributed by atoms with Crippen LogP contribution in [0.15, 0.2) is 24.3 Å². The van der Waals surface area contributed by atoms with E-state index in [4.69, 9.17) is 0 Å². The van der Waals surface area contributed by atoms with Gasteiger partial charge < -0.3 is 10.2 Å². The van der Waals surface area contributed by atoms with E-state index in [0.717, 1.165) is 25.7 Å².